The number of hydrogen-bond donors (Lipinski definition) is 2. The average Bonchev–Trinajstić information content (AvgIpc) is 2.83. The zero-order chi connectivity index (χ0) is 28.1. The monoisotopic (exact) mass is 563 g/mol. The van der Waals surface area contributed by atoms with Gasteiger partial charge in [-0.2, -0.15) is 17.6 Å². The summed E-state index contributed by atoms with van der Waals surface area (Å²) < 4.78 is 97.2. The number of nitrogens with one attached hydrogen (secondary N) is 2. The first-order valence-corrected chi connectivity index (χ1v) is 11.4. The minimum absolute atomic E-state index is 0.00633. The third-order valence-electron chi connectivity index (χ3n) is 5.37. The molecule has 0 radical (unpaired) electrons. The highest BCUT2D eigenvalue weighted by atomic mass is 35.5. The molecule has 3 rings (SSSR count). The van der Waals surface area contributed by atoms with Gasteiger partial charge in [0, 0.05) is 18.7 Å². The third kappa shape index (κ3) is 7.27. The van der Waals surface area contributed by atoms with Gasteiger partial charge in [-0.3, -0.25) is 4.98 Å². The normalized spacial score (nSPS) is 13.3. The maximum atomic E-state index is 14.7. The predicted molar refractivity (Wildman–Crippen MR) is 125 cm³/mol. The number of rotatable bonds is 10. The number of aryl methyl sites for hydroxylation is 1. The number of urea groups is 1. The molecular weight excluding hydrogens is 543 g/mol. The highest BCUT2D eigenvalue weighted by Gasteiger charge is 2.45. The summed E-state index contributed by atoms with van der Waals surface area (Å²) in [5.74, 6) is -2.14. The number of nitrogens with zero attached hydrogens (tertiary/aromatic N) is 1. The maximum Gasteiger partial charge on any atom is 0.461 e. The van der Waals surface area contributed by atoms with Crippen LogP contribution >= 0.6 is 11.6 Å². The van der Waals surface area contributed by atoms with Crippen LogP contribution in [-0.4, -0.2) is 36.5 Å². The van der Waals surface area contributed by atoms with Gasteiger partial charge < -0.3 is 15.4 Å². The third-order valence-corrected chi connectivity index (χ3v) is 5.59. The molecule has 0 aliphatic rings. The van der Waals surface area contributed by atoms with Crippen LogP contribution in [0.1, 0.15) is 22.4 Å². The lowest BCUT2D eigenvalue weighted by Gasteiger charge is -2.36. The summed E-state index contributed by atoms with van der Waals surface area (Å²) in [4.78, 5) is 17.0. The smallest absolute Gasteiger partial charge is 0.428 e. The number of halogens is 8. The Labute approximate surface area is 218 Å². The van der Waals surface area contributed by atoms with Crippen LogP contribution in [0.4, 0.5) is 35.5 Å². The molecule has 3 aromatic rings. The fourth-order valence-electron chi connectivity index (χ4n) is 3.64. The van der Waals surface area contributed by atoms with Gasteiger partial charge in [0.1, 0.15) is 17.1 Å². The number of ether oxygens (including phenoxy) is 1. The number of carbonyl (C=O) groups excluding carboxylic acids is 1. The van der Waals surface area contributed by atoms with E-state index in [0.29, 0.717) is 11.6 Å². The van der Waals surface area contributed by atoms with Crippen molar-refractivity contribution in [1.82, 2.24) is 15.6 Å². The first-order valence-electron chi connectivity index (χ1n) is 11.0. The first kappa shape index (κ1) is 29.0. The molecule has 1 heterocycles. The van der Waals surface area contributed by atoms with E-state index in [-0.39, 0.29) is 22.7 Å². The molecule has 0 saturated carbocycles. The van der Waals surface area contributed by atoms with Gasteiger partial charge in [0.25, 0.3) is 6.43 Å². The van der Waals surface area contributed by atoms with Crippen LogP contribution < -0.4 is 15.4 Å². The number of pyridine rings is 1. The van der Waals surface area contributed by atoms with Crippen LogP contribution in [-0.2, 0) is 12.0 Å². The highest BCUT2D eigenvalue weighted by Crippen LogP contribution is 2.37. The van der Waals surface area contributed by atoms with Crippen molar-refractivity contribution in [2.24, 2.45) is 0 Å². The van der Waals surface area contributed by atoms with Crippen molar-refractivity contribution in [1.29, 1.82) is 0 Å². The first-order chi connectivity index (χ1) is 17.8. The summed E-state index contributed by atoms with van der Waals surface area (Å²) in [5, 5.41) is 4.64. The van der Waals surface area contributed by atoms with Crippen molar-refractivity contribution in [2.75, 3.05) is 6.54 Å². The van der Waals surface area contributed by atoms with Crippen molar-refractivity contribution < 1.29 is 40.3 Å². The summed E-state index contributed by atoms with van der Waals surface area (Å²) >= 11 is 5.95. The number of amides is 2. The summed E-state index contributed by atoms with van der Waals surface area (Å²) in [6, 6.07) is 10.5. The Kier molecular flexibility index (Phi) is 9.08. The van der Waals surface area contributed by atoms with Crippen molar-refractivity contribution in [2.45, 2.75) is 37.8 Å². The zero-order valence-corrected chi connectivity index (χ0v) is 20.4. The largest absolute Gasteiger partial charge is 0.461 e. The number of hydrogen-bond acceptors (Lipinski definition) is 3. The van der Waals surface area contributed by atoms with E-state index in [2.05, 4.69) is 15.0 Å². The van der Waals surface area contributed by atoms with Crippen molar-refractivity contribution in [3.63, 3.8) is 0 Å². The molecular formula is C25H21ClF7N3O2. The lowest BCUT2D eigenvalue weighted by molar-refractivity contribution is -0.253. The van der Waals surface area contributed by atoms with E-state index in [9.17, 15) is 35.5 Å². The van der Waals surface area contributed by atoms with Gasteiger partial charge in [0.05, 0.1) is 17.3 Å². The second-order valence-electron chi connectivity index (χ2n) is 8.30. The Morgan fingerprint density at radius 3 is 2.32 bits per heavy atom. The van der Waals surface area contributed by atoms with Crippen molar-refractivity contribution in [3.8, 4) is 5.75 Å². The van der Waals surface area contributed by atoms with Crippen LogP contribution in [0.5, 0.6) is 5.75 Å². The fraction of sp³-hybridized carbons (Fsp3) is 0.280. The maximum absolute atomic E-state index is 14.7. The molecule has 204 valence electrons. The Morgan fingerprint density at radius 1 is 1.05 bits per heavy atom. The minimum atomic E-state index is -4.95. The Balaban J connectivity index is 2.23. The lowest BCUT2D eigenvalue weighted by Crippen LogP contribution is -2.53. The van der Waals surface area contributed by atoms with E-state index in [1.807, 2.05) is 12.2 Å². The Hall–Kier alpha value is -3.54. The molecule has 0 fully saturated rings. The molecule has 0 aliphatic heterocycles. The van der Waals surface area contributed by atoms with Crippen molar-refractivity contribution >= 4 is 17.6 Å². The van der Waals surface area contributed by atoms with E-state index >= 15 is 0 Å². The van der Waals surface area contributed by atoms with E-state index < -0.39 is 48.6 Å². The SMILES string of the molecule is Cc1ccc(CC(NC(=O)NCC(F)F)(c2cc(F)cc(OC(F)(F)C(F)F)c2)c2ccc(Cl)cn2)cc1. The molecule has 0 saturated heterocycles. The average molecular weight is 564 g/mol. The number of carbonyl (C=O) groups is 1. The zero-order valence-electron chi connectivity index (χ0n) is 19.6. The molecule has 0 aliphatic carbocycles. The van der Waals surface area contributed by atoms with E-state index in [1.54, 1.807) is 24.3 Å². The van der Waals surface area contributed by atoms with Crippen LogP contribution in [0.2, 0.25) is 5.02 Å². The summed E-state index contributed by atoms with van der Waals surface area (Å²) in [5.41, 5.74) is -0.729. The van der Waals surface area contributed by atoms with Gasteiger partial charge >= 0.3 is 18.6 Å². The molecule has 1 unspecified atom stereocenters. The van der Waals surface area contributed by atoms with E-state index in [4.69, 9.17) is 11.6 Å². The summed E-state index contributed by atoms with van der Waals surface area (Å²) in [6.45, 7) is 0.784. The van der Waals surface area contributed by atoms with Gasteiger partial charge in [-0.25, -0.2) is 18.0 Å². The number of alkyl halides is 6. The summed E-state index contributed by atoms with van der Waals surface area (Å²) in [6.07, 6.45) is -11.1. The topological polar surface area (TPSA) is 63.2 Å². The molecule has 1 aromatic heterocycles. The van der Waals surface area contributed by atoms with Crippen LogP contribution in [0.25, 0.3) is 0 Å². The summed E-state index contributed by atoms with van der Waals surface area (Å²) in [7, 11) is 0. The molecule has 2 N–H and O–H groups in total. The molecule has 0 spiro atoms. The van der Waals surface area contributed by atoms with Crippen LogP contribution in [0.3, 0.4) is 0 Å². The Morgan fingerprint density at radius 2 is 1.74 bits per heavy atom. The highest BCUT2D eigenvalue weighted by molar-refractivity contribution is 6.30. The second-order valence-corrected chi connectivity index (χ2v) is 8.73. The van der Waals surface area contributed by atoms with Gasteiger partial charge in [0.15, 0.2) is 0 Å². The van der Waals surface area contributed by atoms with Gasteiger partial charge in [-0.15, -0.1) is 0 Å². The molecule has 2 amide bonds. The Bertz CT molecular complexity index is 1240. The minimum Gasteiger partial charge on any atom is -0.428 e. The molecule has 13 heteroatoms. The van der Waals surface area contributed by atoms with Crippen LogP contribution in [0, 0.1) is 12.7 Å². The van der Waals surface area contributed by atoms with Gasteiger partial charge in [0.2, 0.25) is 0 Å². The van der Waals surface area contributed by atoms with Gasteiger partial charge in [-0.05, 0) is 42.3 Å². The molecule has 5 nitrogen and oxygen atoms in total. The van der Waals surface area contributed by atoms with E-state index in [1.165, 1.54) is 18.3 Å². The second kappa shape index (κ2) is 11.9. The molecule has 2 aromatic carbocycles. The van der Waals surface area contributed by atoms with Crippen LogP contribution in [0.15, 0.2) is 60.8 Å². The lowest BCUT2D eigenvalue weighted by atomic mass is 9.80. The standard InChI is InChI=1S/C25H21ClF7N3O2/c1-14-2-4-15(5-3-14)11-24(20-7-6-17(26)12-34-20,36-23(37)35-13-21(28)29)16-8-18(27)10-19(9-16)38-25(32,33)22(30)31/h2-10,12,21-22H,11,13H2,1H3,(H2,35,36,37). The number of benzene rings is 2. The molecule has 0 bridgehead atoms. The predicted octanol–water partition coefficient (Wildman–Crippen LogP) is 6.47. The number of aromatic nitrogens is 1. The quantitative estimate of drug-likeness (QED) is 0.278. The molecule has 1 atom stereocenters. The van der Waals surface area contributed by atoms with Gasteiger partial charge in [-0.1, -0.05) is 41.4 Å². The fourth-order valence-corrected chi connectivity index (χ4v) is 3.75. The molecule has 38 heavy (non-hydrogen) atoms. The van der Waals surface area contributed by atoms with Crippen molar-refractivity contribution in [3.05, 3.63) is 94.0 Å². The van der Waals surface area contributed by atoms with E-state index in [0.717, 1.165) is 17.7 Å².